The molecule has 0 aliphatic carbocycles. The van der Waals surface area contributed by atoms with Crippen LogP contribution in [0.25, 0.3) is 0 Å². The van der Waals surface area contributed by atoms with Gasteiger partial charge in [-0.05, 0) is 30.7 Å². The maximum atomic E-state index is 12.5. The quantitative estimate of drug-likeness (QED) is 0.827. The predicted molar refractivity (Wildman–Crippen MR) is 88.4 cm³/mol. The van der Waals surface area contributed by atoms with Crippen molar-refractivity contribution in [1.82, 2.24) is 0 Å². The zero-order valence-electron chi connectivity index (χ0n) is 11.9. The van der Waals surface area contributed by atoms with Gasteiger partial charge in [-0.25, -0.2) is 0 Å². The molecule has 4 nitrogen and oxygen atoms in total. The average Bonchev–Trinajstić information content (AvgIpc) is 2.45. The van der Waals surface area contributed by atoms with Crippen molar-refractivity contribution in [2.24, 2.45) is 0 Å². The van der Waals surface area contributed by atoms with Crippen molar-refractivity contribution < 1.29 is 9.53 Å². The summed E-state index contributed by atoms with van der Waals surface area (Å²) in [5, 5.41) is 2.91. The normalized spacial score (nSPS) is 10.4. The van der Waals surface area contributed by atoms with Crippen molar-refractivity contribution in [3.63, 3.8) is 0 Å². The lowest BCUT2D eigenvalue weighted by molar-refractivity contribution is 0.102. The van der Waals surface area contributed by atoms with Crippen LogP contribution in [0.5, 0.6) is 0 Å². The molecule has 0 unspecified atom stereocenters. The Hall–Kier alpha value is -1.85. The number of nitrogen functional groups attached to an aromatic ring is 1. The molecule has 0 heterocycles. The van der Waals surface area contributed by atoms with Crippen molar-refractivity contribution in [2.75, 3.05) is 18.2 Å². The molecule has 0 spiro atoms. The highest BCUT2D eigenvalue weighted by Gasteiger charge is 2.14. The second-order valence-electron chi connectivity index (χ2n) is 4.71. The Morgan fingerprint density at radius 2 is 2.05 bits per heavy atom. The van der Waals surface area contributed by atoms with Crippen LogP contribution < -0.4 is 11.1 Å². The van der Waals surface area contributed by atoms with E-state index in [0.29, 0.717) is 17.9 Å². The number of hydrogen-bond donors (Lipinski definition) is 2. The Morgan fingerprint density at radius 1 is 1.33 bits per heavy atom. The summed E-state index contributed by atoms with van der Waals surface area (Å²) < 4.78 is 5.92. The first-order chi connectivity index (χ1) is 10.0. The Bertz CT molecular complexity index is 671. The lowest BCUT2D eigenvalue weighted by atomic mass is 10.1. The molecule has 21 heavy (non-hydrogen) atoms. The molecule has 0 fully saturated rings. The molecule has 0 atom stereocenters. The number of rotatable bonds is 4. The number of carbonyl (C=O) groups excluding carboxylic acids is 1. The van der Waals surface area contributed by atoms with Crippen LogP contribution in [0.2, 0.25) is 0 Å². The van der Waals surface area contributed by atoms with Gasteiger partial charge in [-0.3, -0.25) is 4.79 Å². The summed E-state index contributed by atoms with van der Waals surface area (Å²) in [6.07, 6.45) is 0. The maximum Gasteiger partial charge on any atom is 0.256 e. The second-order valence-corrected chi connectivity index (χ2v) is 5.63. The lowest BCUT2D eigenvalue weighted by Gasteiger charge is -2.13. The van der Waals surface area contributed by atoms with E-state index in [-0.39, 0.29) is 5.91 Å². The maximum absolute atomic E-state index is 12.5. The summed E-state index contributed by atoms with van der Waals surface area (Å²) in [7, 11) is 1.62. The van der Waals surface area contributed by atoms with Crippen molar-refractivity contribution in [2.45, 2.75) is 13.5 Å². The zero-order valence-corrected chi connectivity index (χ0v) is 13.5. The van der Waals surface area contributed by atoms with Crippen LogP contribution in [0.4, 0.5) is 11.4 Å². The van der Waals surface area contributed by atoms with Crippen molar-refractivity contribution in [3.8, 4) is 0 Å². The van der Waals surface area contributed by atoms with E-state index in [9.17, 15) is 4.79 Å². The topological polar surface area (TPSA) is 64.3 Å². The summed E-state index contributed by atoms with van der Waals surface area (Å²) in [5.74, 6) is -0.191. The van der Waals surface area contributed by atoms with Crippen LogP contribution in [0, 0.1) is 6.92 Å². The van der Waals surface area contributed by atoms with Crippen LogP contribution >= 0.6 is 15.9 Å². The molecule has 110 valence electrons. The summed E-state index contributed by atoms with van der Waals surface area (Å²) in [6, 6.07) is 11.1. The number of hydrogen-bond acceptors (Lipinski definition) is 3. The number of methoxy groups -OCH3 is 1. The van der Waals surface area contributed by atoms with Gasteiger partial charge in [0.05, 0.1) is 6.61 Å². The molecule has 0 aliphatic rings. The Morgan fingerprint density at radius 3 is 2.76 bits per heavy atom. The monoisotopic (exact) mass is 348 g/mol. The van der Waals surface area contributed by atoms with Gasteiger partial charge in [0.25, 0.3) is 5.91 Å². The average molecular weight is 349 g/mol. The van der Waals surface area contributed by atoms with E-state index in [0.717, 1.165) is 21.3 Å². The molecule has 0 radical (unpaired) electrons. The molecular formula is C16H17BrN2O2. The van der Waals surface area contributed by atoms with Crippen LogP contribution in [-0.2, 0) is 11.3 Å². The van der Waals surface area contributed by atoms with E-state index < -0.39 is 0 Å². The number of ether oxygens (including phenoxy) is 1. The minimum absolute atomic E-state index is 0.191. The highest BCUT2D eigenvalue weighted by Crippen LogP contribution is 2.24. The molecule has 2 rings (SSSR count). The zero-order chi connectivity index (χ0) is 15.4. The third kappa shape index (κ3) is 3.62. The van der Waals surface area contributed by atoms with E-state index in [2.05, 4.69) is 21.2 Å². The van der Waals surface area contributed by atoms with Gasteiger partial charge in [0.2, 0.25) is 0 Å². The van der Waals surface area contributed by atoms with Crippen molar-refractivity contribution in [3.05, 3.63) is 57.6 Å². The van der Waals surface area contributed by atoms with Gasteiger partial charge in [-0.2, -0.15) is 0 Å². The smallest absolute Gasteiger partial charge is 0.256 e. The van der Waals surface area contributed by atoms with Gasteiger partial charge in [0, 0.05) is 34.1 Å². The number of benzene rings is 2. The lowest BCUT2D eigenvalue weighted by Crippen LogP contribution is -2.15. The molecular weight excluding hydrogens is 332 g/mol. The second kappa shape index (κ2) is 6.74. The number of anilines is 2. The number of nitrogens with one attached hydrogen (secondary N) is 1. The van der Waals surface area contributed by atoms with Crippen molar-refractivity contribution in [1.29, 1.82) is 0 Å². The summed E-state index contributed by atoms with van der Waals surface area (Å²) in [5.41, 5.74) is 9.46. The Balaban J connectivity index is 2.31. The summed E-state index contributed by atoms with van der Waals surface area (Å²) in [6.45, 7) is 2.27. The molecule has 0 saturated carbocycles. The van der Waals surface area contributed by atoms with Gasteiger partial charge < -0.3 is 15.8 Å². The number of nitrogens with two attached hydrogens (primary N) is 1. The molecule has 5 heteroatoms. The molecule has 2 aromatic carbocycles. The molecule has 0 saturated heterocycles. The number of amides is 1. The van der Waals surface area contributed by atoms with Crippen LogP contribution in [0.1, 0.15) is 21.5 Å². The van der Waals surface area contributed by atoms with Gasteiger partial charge in [-0.1, -0.05) is 34.1 Å². The highest BCUT2D eigenvalue weighted by atomic mass is 79.9. The predicted octanol–water partition coefficient (Wildman–Crippen LogP) is 3.74. The Kier molecular flexibility index (Phi) is 4.98. The fraction of sp³-hybridized carbons (Fsp3) is 0.188. The van der Waals surface area contributed by atoms with Gasteiger partial charge >= 0.3 is 0 Å². The first-order valence-corrected chi connectivity index (χ1v) is 7.26. The first kappa shape index (κ1) is 15.5. The minimum Gasteiger partial charge on any atom is -0.398 e. The van der Waals surface area contributed by atoms with Crippen LogP contribution in [-0.4, -0.2) is 13.0 Å². The highest BCUT2D eigenvalue weighted by molar-refractivity contribution is 9.10. The minimum atomic E-state index is -0.191. The Labute approximate surface area is 132 Å². The van der Waals surface area contributed by atoms with Gasteiger partial charge in [0.1, 0.15) is 0 Å². The molecule has 3 N–H and O–H groups in total. The van der Waals surface area contributed by atoms with E-state index in [1.807, 2.05) is 31.2 Å². The largest absolute Gasteiger partial charge is 0.398 e. The van der Waals surface area contributed by atoms with E-state index in [1.165, 1.54) is 0 Å². The number of para-hydroxylation sites is 1. The first-order valence-electron chi connectivity index (χ1n) is 6.46. The van der Waals surface area contributed by atoms with E-state index in [1.54, 1.807) is 19.2 Å². The van der Waals surface area contributed by atoms with E-state index in [4.69, 9.17) is 10.5 Å². The fourth-order valence-corrected chi connectivity index (χ4v) is 2.52. The standard InChI is InChI=1S/C16H17BrN2O2/c1-10-13(7-12(17)8-14(10)18)16(20)19-15-6-4-3-5-11(15)9-21-2/h3-8H,9,18H2,1-2H3,(H,19,20). The fourth-order valence-electron chi connectivity index (χ4n) is 2.05. The molecule has 0 aliphatic heterocycles. The van der Waals surface area contributed by atoms with Crippen LogP contribution in [0.15, 0.2) is 40.9 Å². The van der Waals surface area contributed by atoms with Gasteiger partial charge in [-0.15, -0.1) is 0 Å². The van der Waals surface area contributed by atoms with Crippen LogP contribution in [0.3, 0.4) is 0 Å². The molecule has 0 bridgehead atoms. The third-order valence-electron chi connectivity index (χ3n) is 3.22. The van der Waals surface area contributed by atoms with E-state index >= 15 is 0 Å². The molecule has 0 aromatic heterocycles. The number of carbonyl (C=O) groups is 1. The third-order valence-corrected chi connectivity index (χ3v) is 3.68. The molecule has 2 aromatic rings. The summed E-state index contributed by atoms with van der Waals surface area (Å²) in [4.78, 5) is 12.5. The van der Waals surface area contributed by atoms with Gasteiger partial charge in [0.15, 0.2) is 0 Å². The molecule has 1 amide bonds. The number of halogens is 1. The SMILES string of the molecule is COCc1ccccc1NC(=O)c1cc(Br)cc(N)c1C. The van der Waals surface area contributed by atoms with Crippen molar-refractivity contribution >= 4 is 33.2 Å². The summed E-state index contributed by atoms with van der Waals surface area (Å²) >= 11 is 3.36.